The van der Waals surface area contributed by atoms with Crippen molar-refractivity contribution >= 4 is 5.57 Å². The second-order valence-corrected chi connectivity index (χ2v) is 9.44. The molecule has 30 heavy (non-hydrogen) atoms. The van der Waals surface area contributed by atoms with Crippen LogP contribution in [0.2, 0.25) is 0 Å². The fourth-order valence-corrected chi connectivity index (χ4v) is 6.01. The lowest BCUT2D eigenvalue weighted by molar-refractivity contribution is 0.111. The molecule has 1 aromatic carbocycles. The minimum Gasteiger partial charge on any atom is -0.374 e. The van der Waals surface area contributed by atoms with Crippen molar-refractivity contribution in [1.82, 2.24) is 14.7 Å². The molecular formula is C26H34FN3. The van der Waals surface area contributed by atoms with Gasteiger partial charge in [0.05, 0.1) is 5.70 Å². The van der Waals surface area contributed by atoms with Crippen LogP contribution in [0.15, 0.2) is 53.9 Å². The third-order valence-electron chi connectivity index (χ3n) is 7.63. The molecule has 0 saturated carbocycles. The maximum Gasteiger partial charge on any atom is 0.123 e. The number of piperidine rings is 1. The highest BCUT2D eigenvalue weighted by Gasteiger charge is 2.47. The summed E-state index contributed by atoms with van der Waals surface area (Å²) in [5, 5.41) is 0. The molecule has 0 N–H and O–H groups in total. The Morgan fingerprint density at radius 1 is 1.13 bits per heavy atom. The predicted molar refractivity (Wildman–Crippen MR) is 121 cm³/mol. The van der Waals surface area contributed by atoms with Gasteiger partial charge in [-0.1, -0.05) is 24.8 Å². The van der Waals surface area contributed by atoms with E-state index >= 15 is 0 Å². The van der Waals surface area contributed by atoms with Gasteiger partial charge in [0, 0.05) is 50.9 Å². The van der Waals surface area contributed by atoms with E-state index in [1.54, 1.807) is 17.0 Å². The molecule has 3 aliphatic heterocycles. The van der Waals surface area contributed by atoms with Crippen LogP contribution in [-0.4, -0.2) is 60.5 Å². The molecular weight excluding hydrogens is 373 g/mol. The summed E-state index contributed by atoms with van der Waals surface area (Å²) >= 11 is 0. The molecule has 2 atom stereocenters. The molecule has 2 saturated heterocycles. The van der Waals surface area contributed by atoms with Gasteiger partial charge in [0.1, 0.15) is 5.82 Å². The lowest BCUT2D eigenvalue weighted by Crippen LogP contribution is -2.48. The molecule has 160 valence electrons. The molecule has 4 heteroatoms. The number of halogens is 1. The monoisotopic (exact) mass is 407 g/mol. The highest BCUT2D eigenvalue weighted by Crippen LogP contribution is 2.47. The average molecular weight is 408 g/mol. The lowest BCUT2D eigenvalue weighted by atomic mass is 9.86. The van der Waals surface area contributed by atoms with Crippen molar-refractivity contribution in [2.45, 2.75) is 44.6 Å². The van der Waals surface area contributed by atoms with Crippen LogP contribution in [0.5, 0.6) is 0 Å². The molecule has 0 amide bonds. The maximum atomic E-state index is 13.1. The Balaban J connectivity index is 1.15. The molecule has 1 aromatic rings. The molecule has 0 aromatic heterocycles. The van der Waals surface area contributed by atoms with Crippen LogP contribution >= 0.6 is 0 Å². The summed E-state index contributed by atoms with van der Waals surface area (Å²) in [4.78, 5) is 7.95. The Labute approximate surface area is 180 Å². The highest BCUT2D eigenvalue weighted by molar-refractivity contribution is 5.63. The number of hydrogen-bond donors (Lipinski definition) is 0. The first-order chi connectivity index (χ1) is 14.6. The fourth-order valence-electron chi connectivity index (χ4n) is 6.01. The first kappa shape index (κ1) is 19.9. The van der Waals surface area contributed by atoms with Crippen LogP contribution in [0.1, 0.15) is 44.1 Å². The van der Waals surface area contributed by atoms with Gasteiger partial charge in [0.2, 0.25) is 0 Å². The molecule has 3 nitrogen and oxygen atoms in total. The second-order valence-electron chi connectivity index (χ2n) is 9.44. The van der Waals surface area contributed by atoms with Crippen molar-refractivity contribution in [2.75, 3.05) is 39.8 Å². The van der Waals surface area contributed by atoms with E-state index < -0.39 is 0 Å². The standard InChI is InChI=1S/C26H34FN3/c1-19(20-9-11-21(27)12-10-20)6-3-4-14-29-15-13-24-23(18-29)22-7-5-8-25-26(22)30(24)17-16-28(25)2/h7,9-12,23-24H,1,3-6,8,13-18H2,2H3. The Kier molecular flexibility index (Phi) is 5.44. The van der Waals surface area contributed by atoms with Crippen molar-refractivity contribution < 1.29 is 4.39 Å². The molecule has 5 rings (SSSR count). The molecule has 1 aliphatic carbocycles. The van der Waals surface area contributed by atoms with E-state index in [-0.39, 0.29) is 5.82 Å². The van der Waals surface area contributed by atoms with Gasteiger partial charge in [-0.05, 0) is 73.9 Å². The van der Waals surface area contributed by atoms with Gasteiger partial charge in [-0.2, -0.15) is 0 Å². The van der Waals surface area contributed by atoms with E-state index in [1.165, 1.54) is 70.5 Å². The van der Waals surface area contributed by atoms with E-state index in [4.69, 9.17) is 0 Å². The van der Waals surface area contributed by atoms with Gasteiger partial charge in [0.15, 0.2) is 0 Å². The largest absolute Gasteiger partial charge is 0.374 e. The number of benzene rings is 1. The van der Waals surface area contributed by atoms with Crippen LogP contribution in [-0.2, 0) is 0 Å². The quantitative estimate of drug-likeness (QED) is 0.622. The molecule has 2 unspecified atom stereocenters. The summed E-state index contributed by atoms with van der Waals surface area (Å²) in [6.07, 6.45) is 9.62. The predicted octanol–water partition coefficient (Wildman–Crippen LogP) is 4.89. The smallest absolute Gasteiger partial charge is 0.123 e. The fraction of sp³-hybridized carbons (Fsp3) is 0.538. The maximum absolute atomic E-state index is 13.1. The van der Waals surface area contributed by atoms with Gasteiger partial charge < -0.3 is 14.7 Å². The SMILES string of the molecule is C=C(CCCCN1CCC2C(C1)C1=CCCC3=C1N2CCN3C)c1ccc(F)cc1. The average Bonchev–Trinajstić information content (AvgIpc) is 3.08. The van der Waals surface area contributed by atoms with Gasteiger partial charge in [-0.25, -0.2) is 4.39 Å². The summed E-state index contributed by atoms with van der Waals surface area (Å²) in [5.41, 5.74) is 7.04. The van der Waals surface area contributed by atoms with Crippen molar-refractivity contribution in [3.63, 3.8) is 0 Å². The Morgan fingerprint density at radius 2 is 1.97 bits per heavy atom. The third-order valence-corrected chi connectivity index (χ3v) is 7.63. The van der Waals surface area contributed by atoms with Crippen LogP contribution in [0.25, 0.3) is 5.57 Å². The summed E-state index contributed by atoms with van der Waals surface area (Å²) < 4.78 is 13.1. The topological polar surface area (TPSA) is 9.72 Å². The third kappa shape index (κ3) is 3.60. The summed E-state index contributed by atoms with van der Waals surface area (Å²) in [5.74, 6) is 0.519. The summed E-state index contributed by atoms with van der Waals surface area (Å²) in [6, 6.07) is 7.46. The van der Waals surface area contributed by atoms with Gasteiger partial charge in [0.25, 0.3) is 0 Å². The number of rotatable bonds is 6. The van der Waals surface area contributed by atoms with Crippen molar-refractivity contribution in [3.05, 3.63) is 65.3 Å². The number of likely N-dealkylation sites (tertiary alicyclic amines) is 1. The molecule has 0 radical (unpaired) electrons. The minimum atomic E-state index is -0.180. The first-order valence-electron chi connectivity index (χ1n) is 11.7. The van der Waals surface area contributed by atoms with Gasteiger partial charge in [-0.3, -0.25) is 0 Å². The van der Waals surface area contributed by atoms with E-state index in [2.05, 4.69) is 34.4 Å². The van der Waals surface area contributed by atoms with Crippen molar-refractivity contribution in [1.29, 1.82) is 0 Å². The number of allylic oxidation sites excluding steroid dienone is 4. The molecule has 0 spiro atoms. The van der Waals surface area contributed by atoms with Crippen LogP contribution in [0.4, 0.5) is 4.39 Å². The van der Waals surface area contributed by atoms with Crippen molar-refractivity contribution in [2.24, 2.45) is 5.92 Å². The van der Waals surface area contributed by atoms with E-state index in [0.717, 1.165) is 30.0 Å². The minimum absolute atomic E-state index is 0.180. The van der Waals surface area contributed by atoms with Crippen LogP contribution in [0.3, 0.4) is 0 Å². The molecule has 2 fully saturated rings. The Bertz CT molecular complexity index is 869. The number of nitrogens with zero attached hydrogens (tertiary/aromatic N) is 3. The first-order valence-corrected chi connectivity index (χ1v) is 11.7. The van der Waals surface area contributed by atoms with E-state index in [1.807, 2.05) is 12.1 Å². The Hall–Kier alpha value is -2.07. The zero-order chi connectivity index (χ0) is 20.7. The second kappa shape index (κ2) is 8.22. The summed E-state index contributed by atoms with van der Waals surface area (Å²) in [7, 11) is 2.27. The lowest BCUT2D eigenvalue weighted by Gasteiger charge is -2.41. The number of likely N-dealkylation sites (N-methyl/N-ethyl adjacent to an activating group) is 1. The zero-order valence-electron chi connectivity index (χ0n) is 18.2. The van der Waals surface area contributed by atoms with Gasteiger partial charge >= 0.3 is 0 Å². The van der Waals surface area contributed by atoms with Crippen LogP contribution < -0.4 is 0 Å². The van der Waals surface area contributed by atoms with E-state index in [0.29, 0.717) is 5.92 Å². The normalized spacial score (nSPS) is 25.9. The summed E-state index contributed by atoms with van der Waals surface area (Å²) in [6.45, 7) is 10.2. The highest BCUT2D eigenvalue weighted by atomic mass is 19.1. The number of hydrogen-bond acceptors (Lipinski definition) is 3. The molecule has 4 aliphatic rings. The molecule has 0 bridgehead atoms. The van der Waals surface area contributed by atoms with Gasteiger partial charge in [-0.15, -0.1) is 0 Å². The molecule has 3 heterocycles. The number of unbranched alkanes of at least 4 members (excludes halogenated alkanes) is 1. The van der Waals surface area contributed by atoms with E-state index in [9.17, 15) is 4.39 Å². The zero-order valence-corrected chi connectivity index (χ0v) is 18.2. The van der Waals surface area contributed by atoms with Crippen LogP contribution in [0, 0.1) is 11.7 Å². The van der Waals surface area contributed by atoms with Crippen molar-refractivity contribution in [3.8, 4) is 0 Å². The number of fused-ring (bicyclic) bond motifs is 3. The Morgan fingerprint density at radius 3 is 2.80 bits per heavy atom.